The molecule has 19 heavy (non-hydrogen) atoms. The highest BCUT2D eigenvalue weighted by Gasteiger charge is 2.46. The van der Waals surface area contributed by atoms with Crippen LogP contribution in [0.15, 0.2) is 0 Å². The minimum absolute atomic E-state index is 0.231. The lowest BCUT2D eigenvalue weighted by atomic mass is 9.84. The van der Waals surface area contributed by atoms with Gasteiger partial charge in [0, 0.05) is 38.0 Å². The van der Waals surface area contributed by atoms with Crippen LogP contribution in [0.3, 0.4) is 0 Å². The van der Waals surface area contributed by atoms with Crippen LogP contribution in [0, 0.1) is 0 Å². The van der Waals surface area contributed by atoms with Gasteiger partial charge in [-0.05, 0) is 12.8 Å². The summed E-state index contributed by atoms with van der Waals surface area (Å²) in [7, 11) is 0. The van der Waals surface area contributed by atoms with Crippen molar-refractivity contribution in [3.63, 3.8) is 0 Å². The number of morpholine rings is 1. The molecule has 0 aromatic heterocycles. The second-order valence-corrected chi connectivity index (χ2v) is 5.98. The van der Waals surface area contributed by atoms with E-state index in [0.717, 1.165) is 58.6 Å². The molecule has 0 bridgehead atoms. The van der Waals surface area contributed by atoms with Crippen molar-refractivity contribution in [2.75, 3.05) is 32.9 Å². The molecule has 1 saturated carbocycles. The Bertz CT molecular complexity index is 307. The first kappa shape index (κ1) is 13.8. The van der Waals surface area contributed by atoms with Gasteiger partial charge in [-0.1, -0.05) is 6.92 Å². The van der Waals surface area contributed by atoms with Crippen molar-refractivity contribution in [1.82, 2.24) is 4.90 Å². The summed E-state index contributed by atoms with van der Waals surface area (Å²) in [5.74, 6) is -0.347. The highest BCUT2D eigenvalue weighted by Crippen LogP contribution is 2.37. The molecule has 3 aliphatic rings. The van der Waals surface area contributed by atoms with Gasteiger partial charge in [-0.2, -0.15) is 0 Å². The van der Waals surface area contributed by atoms with Crippen molar-refractivity contribution in [1.29, 1.82) is 0 Å². The fourth-order valence-corrected chi connectivity index (χ4v) is 3.60. The molecular formula is C14H26N2O3. The Morgan fingerprint density at radius 1 is 1.26 bits per heavy atom. The Morgan fingerprint density at radius 3 is 2.79 bits per heavy atom. The Kier molecular flexibility index (Phi) is 4.10. The lowest BCUT2D eigenvalue weighted by Gasteiger charge is -2.47. The summed E-state index contributed by atoms with van der Waals surface area (Å²) < 4.78 is 17.5. The molecule has 0 aromatic rings. The molecule has 5 nitrogen and oxygen atoms in total. The summed E-state index contributed by atoms with van der Waals surface area (Å²) in [5.41, 5.74) is 6.35. The lowest BCUT2D eigenvalue weighted by molar-refractivity contribution is -0.196. The third-order valence-electron chi connectivity index (χ3n) is 4.78. The Morgan fingerprint density at radius 2 is 2.05 bits per heavy atom. The van der Waals surface area contributed by atoms with Crippen molar-refractivity contribution < 1.29 is 14.2 Å². The molecule has 2 saturated heterocycles. The fraction of sp³-hybridized carbons (Fsp3) is 1.00. The third kappa shape index (κ3) is 2.81. The molecule has 2 N–H and O–H groups in total. The number of hydrogen-bond acceptors (Lipinski definition) is 5. The SMILES string of the molecule is CCC1CN(C2CC3(CCC2N)OCCO3)CCO1. The summed E-state index contributed by atoms with van der Waals surface area (Å²) in [6, 6.07) is 0.596. The van der Waals surface area contributed by atoms with Crippen LogP contribution < -0.4 is 5.73 Å². The van der Waals surface area contributed by atoms with Gasteiger partial charge < -0.3 is 19.9 Å². The van der Waals surface area contributed by atoms with Crippen molar-refractivity contribution >= 4 is 0 Å². The molecule has 0 amide bonds. The predicted octanol–water partition coefficient (Wildman–Crippen LogP) is 0.720. The van der Waals surface area contributed by atoms with E-state index >= 15 is 0 Å². The molecule has 3 atom stereocenters. The Labute approximate surface area is 115 Å². The zero-order valence-corrected chi connectivity index (χ0v) is 11.8. The van der Waals surface area contributed by atoms with Crippen molar-refractivity contribution in [3.8, 4) is 0 Å². The van der Waals surface area contributed by atoms with Crippen LogP contribution in [0.1, 0.15) is 32.6 Å². The Hall–Kier alpha value is -0.200. The molecule has 0 aromatic carbocycles. The first-order chi connectivity index (χ1) is 9.22. The number of ether oxygens (including phenoxy) is 3. The number of hydrogen-bond donors (Lipinski definition) is 1. The van der Waals surface area contributed by atoms with Crippen LogP contribution in [0.25, 0.3) is 0 Å². The zero-order valence-electron chi connectivity index (χ0n) is 11.8. The average molecular weight is 270 g/mol. The minimum Gasteiger partial charge on any atom is -0.376 e. The van der Waals surface area contributed by atoms with Gasteiger partial charge in [0.2, 0.25) is 0 Å². The van der Waals surface area contributed by atoms with E-state index < -0.39 is 0 Å². The molecular weight excluding hydrogens is 244 g/mol. The van der Waals surface area contributed by atoms with Crippen LogP contribution in [0.5, 0.6) is 0 Å². The van der Waals surface area contributed by atoms with E-state index in [1.807, 2.05) is 0 Å². The highest BCUT2D eigenvalue weighted by molar-refractivity contribution is 4.96. The molecule has 5 heteroatoms. The van der Waals surface area contributed by atoms with Crippen LogP contribution in [0.2, 0.25) is 0 Å². The lowest BCUT2D eigenvalue weighted by Crippen LogP contribution is -2.59. The number of nitrogens with zero attached hydrogens (tertiary/aromatic N) is 1. The van der Waals surface area contributed by atoms with E-state index in [2.05, 4.69) is 11.8 Å². The number of rotatable bonds is 2. The van der Waals surface area contributed by atoms with Crippen LogP contribution in [-0.2, 0) is 14.2 Å². The van der Waals surface area contributed by atoms with E-state index in [-0.39, 0.29) is 11.8 Å². The Balaban J connectivity index is 1.67. The summed E-state index contributed by atoms with van der Waals surface area (Å²) in [6.07, 6.45) is 4.25. The topological polar surface area (TPSA) is 57.0 Å². The molecule has 1 aliphatic carbocycles. The largest absolute Gasteiger partial charge is 0.376 e. The van der Waals surface area contributed by atoms with Gasteiger partial charge in [0.25, 0.3) is 0 Å². The molecule has 2 heterocycles. The van der Waals surface area contributed by atoms with E-state index in [0.29, 0.717) is 12.1 Å². The summed E-state index contributed by atoms with van der Waals surface area (Å²) >= 11 is 0. The van der Waals surface area contributed by atoms with Gasteiger partial charge in [-0.3, -0.25) is 4.90 Å². The molecule has 3 fully saturated rings. The maximum Gasteiger partial charge on any atom is 0.170 e. The van der Waals surface area contributed by atoms with Gasteiger partial charge in [0.1, 0.15) is 0 Å². The smallest absolute Gasteiger partial charge is 0.170 e. The molecule has 0 radical (unpaired) electrons. The van der Waals surface area contributed by atoms with Crippen LogP contribution >= 0.6 is 0 Å². The molecule has 3 unspecified atom stereocenters. The van der Waals surface area contributed by atoms with Crippen molar-refractivity contribution in [2.45, 2.75) is 56.6 Å². The van der Waals surface area contributed by atoms with Crippen LogP contribution in [-0.4, -0.2) is 61.8 Å². The molecule has 110 valence electrons. The summed E-state index contributed by atoms with van der Waals surface area (Å²) in [6.45, 7) is 6.41. The minimum atomic E-state index is -0.347. The van der Waals surface area contributed by atoms with Crippen molar-refractivity contribution in [2.24, 2.45) is 5.73 Å². The van der Waals surface area contributed by atoms with Gasteiger partial charge in [0.05, 0.1) is 25.9 Å². The zero-order chi connectivity index (χ0) is 13.3. The second kappa shape index (κ2) is 5.66. The first-order valence-electron chi connectivity index (χ1n) is 7.61. The molecule has 1 spiro atoms. The quantitative estimate of drug-likeness (QED) is 0.801. The van der Waals surface area contributed by atoms with Crippen molar-refractivity contribution in [3.05, 3.63) is 0 Å². The van der Waals surface area contributed by atoms with Gasteiger partial charge in [0.15, 0.2) is 5.79 Å². The highest BCUT2D eigenvalue weighted by atomic mass is 16.7. The average Bonchev–Trinajstić information content (AvgIpc) is 2.90. The maximum absolute atomic E-state index is 6.35. The molecule has 2 aliphatic heterocycles. The maximum atomic E-state index is 6.35. The standard InChI is InChI=1S/C14H26N2O3/c1-2-11-10-16(5-6-17-11)13-9-14(4-3-12(13)15)18-7-8-19-14/h11-13H,2-10,15H2,1H3. The van der Waals surface area contributed by atoms with E-state index in [4.69, 9.17) is 19.9 Å². The number of nitrogens with two attached hydrogens (primary N) is 1. The van der Waals surface area contributed by atoms with Gasteiger partial charge in [-0.25, -0.2) is 0 Å². The second-order valence-electron chi connectivity index (χ2n) is 5.98. The molecule has 3 rings (SSSR count). The predicted molar refractivity (Wildman–Crippen MR) is 71.9 cm³/mol. The van der Waals surface area contributed by atoms with E-state index in [1.54, 1.807) is 0 Å². The van der Waals surface area contributed by atoms with Gasteiger partial charge >= 0.3 is 0 Å². The third-order valence-corrected chi connectivity index (χ3v) is 4.78. The van der Waals surface area contributed by atoms with Gasteiger partial charge in [-0.15, -0.1) is 0 Å². The van der Waals surface area contributed by atoms with E-state index in [1.165, 1.54) is 0 Å². The normalized spacial score (nSPS) is 39.8. The van der Waals surface area contributed by atoms with Crippen LogP contribution in [0.4, 0.5) is 0 Å². The summed E-state index contributed by atoms with van der Waals surface area (Å²) in [5, 5.41) is 0. The monoisotopic (exact) mass is 270 g/mol. The summed E-state index contributed by atoms with van der Waals surface area (Å²) in [4.78, 5) is 2.49. The fourth-order valence-electron chi connectivity index (χ4n) is 3.60. The van der Waals surface area contributed by atoms with E-state index in [9.17, 15) is 0 Å². The first-order valence-corrected chi connectivity index (χ1v) is 7.61.